The lowest BCUT2D eigenvalue weighted by atomic mass is 10.3. The Hall–Kier alpha value is -1.85. The standard InChI is InChI=1S/C12H20N6/c1-3-4-6-13-12-14-7-9-18(12)8-5-11-16-15-10-17(11)2/h7,9-10H,3-6,8H2,1-2H3,(H,13,14). The summed E-state index contributed by atoms with van der Waals surface area (Å²) in [6.45, 7) is 4.01. The molecule has 0 amide bonds. The van der Waals surface area contributed by atoms with Gasteiger partial charge in [0.15, 0.2) is 0 Å². The highest BCUT2D eigenvalue weighted by Crippen LogP contribution is 2.06. The third-order valence-electron chi connectivity index (χ3n) is 2.91. The second-order valence-electron chi connectivity index (χ2n) is 4.33. The average Bonchev–Trinajstić information content (AvgIpc) is 2.96. The van der Waals surface area contributed by atoms with Gasteiger partial charge in [-0.15, -0.1) is 10.2 Å². The van der Waals surface area contributed by atoms with Crippen LogP contribution in [0.25, 0.3) is 0 Å². The summed E-state index contributed by atoms with van der Waals surface area (Å²) in [6, 6.07) is 0. The number of imidazole rings is 1. The lowest BCUT2D eigenvalue weighted by molar-refractivity contribution is 0.650. The van der Waals surface area contributed by atoms with Crippen LogP contribution < -0.4 is 5.32 Å². The molecule has 0 unspecified atom stereocenters. The Labute approximate surface area is 107 Å². The first kappa shape index (κ1) is 12.6. The molecule has 0 fully saturated rings. The Balaban J connectivity index is 1.89. The van der Waals surface area contributed by atoms with Crippen LogP contribution in [0.1, 0.15) is 25.6 Å². The Morgan fingerprint density at radius 3 is 3.00 bits per heavy atom. The van der Waals surface area contributed by atoms with Crippen molar-refractivity contribution in [3.8, 4) is 0 Å². The first-order chi connectivity index (χ1) is 8.81. The van der Waals surface area contributed by atoms with Crippen LogP contribution >= 0.6 is 0 Å². The Kier molecular flexibility index (Phi) is 4.33. The van der Waals surface area contributed by atoms with Gasteiger partial charge in [0.25, 0.3) is 0 Å². The van der Waals surface area contributed by atoms with Gasteiger partial charge in [-0.25, -0.2) is 4.98 Å². The van der Waals surface area contributed by atoms with Crippen LogP contribution in [0.15, 0.2) is 18.7 Å². The number of unbranched alkanes of at least 4 members (excludes halogenated alkanes) is 1. The molecule has 0 aliphatic heterocycles. The van der Waals surface area contributed by atoms with Gasteiger partial charge in [0, 0.05) is 39.0 Å². The van der Waals surface area contributed by atoms with Gasteiger partial charge in [0.05, 0.1) is 0 Å². The van der Waals surface area contributed by atoms with Gasteiger partial charge >= 0.3 is 0 Å². The molecule has 6 heteroatoms. The van der Waals surface area contributed by atoms with Gasteiger partial charge in [-0.05, 0) is 6.42 Å². The smallest absolute Gasteiger partial charge is 0.202 e. The van der Waals surface area contributed by atoms with E-state index >= 15 is 0 Å². The first-order valence-corrected chi connectivity index (χ1v) is 6.39. The summed E-state index contributed by atoms with van der Waals surface area (Å²) in [5.41, 5.74) is 0. The van der Waals surface area contributed by atoms with Crippen molar-refractivity contribution in [1.82, 2.24) is 24.3 Å². The van der Waals surface area contributed by atoms with E-state index in [1.54, 1.807) is 6.33 Å². The molecule has 0 aromatic carbocycles. The van der Waals surface area contributed by atoms with Gasteiger partial charge in [-0.3, -0.25) is 0 Å². The van der Waals surface area contributed by atoms with E-state index in [0.29, 0.717) is 0 Å². The molecule has 0 bridgehead atoms. The highest BCUT2D eigenvalue weighted by Gasteiger charge is 2.04. The molecular weight excluding hydrogens is 228 g/mol. The van der Waals surface area contributed by atoms with Crippen LogP contribution in [0.5, 0.6) is 0 Å². The molecule has 1 N–H and O–H groups in total. The van der Waals surface area contributed by atoms with E-state index < -0.39 is 0 Å². The molecule has 0 radical (unpaired) electrons. The fourth-order valence-corrected chi connectivity index (χ4v) is 1.79. The molecule has 0 aliphatic rings. The Morgan fingerprint density at radius 1 is 1.39 bits per heavy atom. The number of hydrogen-bond acceptors (Lipinski definition) is 4. The first-order valence-electron chi connectivity index (χ1n) is 6.39. The van der Waals surface area contributed by atoms with Gasteiger partial charge in [0.1, 0.15) is 12.2 Å². The topological polar surface area (TPSA) is 60.6 Å². The molecule has 18 heavy (non-hydrogen) atoms. The van der Waals surface area contributed by atoms with E-state index in [9.17, 15) is 0 Å². The average molecular weight is 248 g/mol. The minimum atomic E-state index is 0.856. The van der Waals surface area contributed by atoms with Crippen molar-refractivity contribution in [1.29, 1.82) is 0 Å². The van der Waals surface area contributed by atoms with Crippen molar-refractivity contribution < 1.29 is 0 Å². The van der Waals surface area contributed by atoms with Crippen LogP contribution in [0.4, 0.5) is 5.95 Å². The summed E-state index contributed by atoms with van der Waals surface area (Å²) in [5, 5.41) is 11.3. The molecule has 0 saturated carbocycles. The normalized spacial score (nSPS) is 10.8. The largest absolute Gasteiger partial charge is 0.356 e. The number of nitrogens with zero attached hydrogens (tertiary/aromatic N) is 5. The zero-order valence-electron chi connectivity index (χ0n) is 11.0. The highest BCUT2D eigenvalue weighted by atomic mass is 15.3. The van der Waals surface area contributed by atoms with Gasteiger partial charge in [0.2, 0.25) is 5.95 Å². The molecule has 2 aromatic rings. The van der Waals surface area contributed by atoms with E-state index in [0.717, 1.165) is 37.7 Å². The van der Waals surface area contributed by atoms with Crippen LogP contribution in [-0.4, -0.2) is 30.9 Å². The number of aromatic nitrogens is 5. The van der Waals surface area contributed by atoms with Crippen molar-refractivity contribution >= 4 is 5.95 Å². The molecule has 0 saturated heterocycles. The molecule has 0 atom stereocenters. The van der Waals surface area contributed by atoms with E-state index in [1.807, 2.05) is 24.0 Å². The number of nitrogens with one attached hydrogen (secondary N) is 1. The van der Waals surface area contributed by atoms with E-state index in [-0.39, 0.29) is 0 Å². The third-order valence-corrected chi connectivity index (χ3v) is 2.91. The zero-order chi connectivity index (χ0) is 12.8. The number of rotatable bonds is 7. The quantitative estimate of drug-likeness (QED) is 0.754. The third kappa shape index (κ3) is 3.09. The van der Waals surface area contributed by atoms with Crippen molar-refractivity contribution in [2.45, 2.75) is 32.7 Å². The molecule has 2 aromatic heterocycles. The number of hydrogen-bond donors (Lipinski definition) is 1. The fraction of sp³-hybridized carbons (Fsp3) is 0.583. The Morgan fingerprint density at radius 2 is 2.28 bits per heavy atom. The maximum atomic E-state index is 4.32. The van der Waals surface area contributed by atoms with Crippen molar-refractivity contribution in [2.75, 3.05) is 11.9 Å². The molecular formula is C12H20N6. The molecule has 2 rings (SSSR count). The summed E-state index contributed by atoms with van der Waals surface area (Å²) in [7, 11) is 1.96. The SMILES string of the molecule is CCCCNc1nccn1CCc1nncn1C. The van der Waals surface area contributed by atoms with Crippen LogP contribution in [-0.2, 0) is 20.0 Å². The lowest BCUT2D eigenvalue weighted by Crippen LogP contribution is -2.11. The second-order valence-corrected chi connectivity index (χ2v) is 4.33. The van der Waals surface area contributed by atoms with Crippen LogP contribution in [0.2, 0.25) is 0 Å². The van der Waals surface area contributed by atoms with Gasteiger partial charge in [-0.1, -0.05) is 13.3 Å². The van der Waals surface area contributed by atoms with Crippen molar-refractivity contribution in [3.05, 3.63) is 24.5 Å². The number of aryl methyl sites for hydroxylation is 3. The van der Waals surface area contributed by atoms with E-state index in [1.165, 1.54) is 6.42 Å². The molecule has 0 spiro atoms. The van der Waals surface area contributed by atoms with Crippen LogP contribution in [0, 0.1) is 0 Å². The summed E-state index contributed by atoms with van der Waals surface area (Å²) in [4.78, 5) is 4.32. The maximum Gasteiger partial charge on any atom is 0.202 e. The van der Waals surface area contributed by atoms with Gasteiger partial charge < -0.3 is 14.5 Å². The fourth-order valence-electron chi connectivity index (χ4n) is 1.79. The predicted molar refractivity (Wildman–Crippen MR) is 70.3 cm³/mol. The van der Waals surface area contributed by atoms with Crippen LogP contribution in [0.3, 0.4) is 0 Å². The zero-order valence-corrected chi connectivity index (χ0v) is 11.0. The maximum absolute atomic E-state index is 4.32. The van der Waals surface area contributed by atoms with Crippen molar-refractivity contribution in [2.24, 2.45) is 7.05 Å². The second kappa shape index (κ2) is 6.18. The molecule has 2 heterocycles. The summed E-state index contributed by atoms with van der Waals surface area (Å²) in [5.74, 6) is 1.92. The summed E-state index contributed by atoms with van der Waals surface area (Å²) in [6.07, 6.45) is 8.75. The molecule has 0 aliphatic carbocycles. The van der Waals surface area contributed by atoms with E-state index in [2.05, 4.69) is 32.0 Å². The van der Waals surface area contributed by atoms with Crippen molar-refractivity contribution in [3.63, 3.8) is 0 Å². The monoisotopic (exact) mass is 248 g/mol. The predicted octanol–water partition coefficient (Wildman–Crippen LogP) is 1.47. The van der Waals surface area contributed by atoms with E-state index in [4.69, 9.17) is 0 Å². The van der Waals surface area contributed by atoms with Gasteiger partial charge in [-0.2, -0.15) is 0 Å². The summed E-state index contributed by atoms with van der Waals surface area (Å²) < 4.78 is 4.06. The minimum absolute atomic E-state index is 0.856. The highest BCUT2D eigenvalue weighted by molar-refractivity contribution is 5.25. The Bertz CT molecular complexity index is 472. The number of anilines is 1. The molecule has 6 nitrogen and oxygen atoms in total. The lowest BCUT2D eigenvalue weighted by Gasteiger charge is -2.09. The molecule has 98 valence electrons. The summed E-state index contributed by atoms with van der Waals surface area (Å²) >= 11 is 0. The minimum Gasteiger partial charge on any atom is -0.356 e.